The Balaban J connectivity index is 1.46. The Labute approximate surface area is 175 Å². The average molecular weight is 411 g/mol. The van der Waals surface area contributed by atoms with Crippen LogP contribution in [0, 0.1) is 0 Å². The van der Waals surface area contributed by atoms with Crippen molar-refractivity contribution in [3.63, 3.8) is 0 Å². The van der Waals surface area contributed by atoms with E-state index in [9.17, 15) is 14.4 Å². The van der Waals surface area contributed by atoms with Crippen molar-refractivity contribution >= 4 is 29.2 Å². The van der Waals surface area contributed by atoms with E-state index in [1.165, 1.54) is 6.92 Å². The molecule has 30 heavy (non-hydrogen) atoms. The molecule has 0 aliphatic carbocycles. The van der Waals surface area contributed by atoms with Crippen molar-refractivity contribution in [2.75, 3.05) is 43.5 Å². The summed E-state index contributed by atoms with van der Waals surface area (Å²) in [4.78, 5) is 37.7. The van der Waals surface area contributed by atoms with Gasteiger partial charge >= 0.3 is 5.97 Å². The molecule has 2 aromatic rings. The van der Waals surface area contributed by atoms with Crippen molar-refractivity contribution in [2.45, 2.75) is 13.5 Å². The van der Waals surface area contributed by atoms with Crippen LogP contribution in [0.15, 0.2) is 48.5 Å². The summed E-state index contributed by atoms with van der Waals surface area (Å²) in [5.41, 5.74) is 2.55. The Morgan fingerprint density at radius 2 is 1.67 bits per heavy atom. The maximum Gasteiger partial charge on any atom is 0.338 e. The van der Waals surface area contributed by atoms with Crippen LogP contribution in [0.1, 0.15) is 22.8 Å². The Morgan fingerprint density at radius 1 is 1.00 bits per heavy atom. The molecule has 2 amide bonds. The van der Waals surface area contributed by atoms with Crippen LogP contribution < -0.4 is 10.6 Å². The molecule has 2 N–H and O–H groups in total. The van der Waals surface area contributed by atoms with Crippen LogP contribution in [0.25, 0.3) is 0 Å². The van der Waals surface area contributed by atoms with Gasteiger partial charge in [0.2, 0.25) is 5.91 Å². The van der Waals surface area contributed by atoms with Crippen molar-refractivity contribution in [1.29, 1.82) is 0 Å². The first-order chi connectivity index (χ1) is 14.5. The monoisotopic (exact) mass is 411 g/mol. The second kappa shape index (κ2) is 10.5. The van der Waals surface area contributed by atoms with Crippen molar-refractivity contribution in [2.24, 2.45) is 0 Å². The lowest BCUT2D eigenvalue weighted by Gasteiger charge is -2.26. The van der Waals surface area contributed by atoms with Crippen LogP contribution in [0.2, 0.25) is 0 Å². The number of anilines is 2. The molecule has 2 aromatic carbocycles. The van der Waals surface area contributed by atoms with Gasteiger partial charge < -0.3 is 20.1 Å². The molecule has 0 spiro atoms. The van der Waals surface area contributed by atoms with E-state index in [-0.39, 0.29) is 5.91 Å². The Kier molecular flexibility index (Phi) is 7.53. The summed E-state index contributed by atoms with van der Waals surface area (Å²) in [5.74, 6) is -1.23. The number of rotatable bonds is 7. The number of esters is 1. The lowest BCUT2D eigenvalue weighted by Crippen LogP contribution is -2.35. The lowest BCUT2D eigenvalue weighted by molar-refractivity contribution is -0.119. The molecule has 0 aromatic heterocycles. The third kappa shape index (κ3) is 6.68. The van der Waals surface area contributed by atoms with Gasteiger partial charge in [-0.1, -0.05) is 18.2 Å². The number of hydrogen-bond donors (Lipinski definition) is 2. The molecule has 3 rings (SSSR count). The molecule has 8 heteroatoms. The van der Waals surface area contributed by atoms with Gasteiger partial charge in [-0.15, -0.1) is 0 Å². The summed E-state index contributed by atoms with van der Waals surface area (Å²) in [5, 5.41) is 5.27. The SMILES string of the molecule is CC(=O)Nc1cccc(NC(=O)COC(=O)c2ccc(CN3CCOCC3)cc2)c1. The normalized spacial score (nSPS) is 14.0. The summed E-state index contributed by atoms with van der Waals surface area (Å²) in [6, 6.07) is 13.9. The summed E-state index contributed by atoms with van der Waals surface area (Å²) in [7, 11) is 0. The van der Waals surface area contributed by atoms with E-state index >= 15 is 0 Å². The minimum Gasteiger partial charge on any atom is -0.452 e. The Bertz CT molecular complexity index is 892. The number of nitrogens with one attached hydrogen (secondary N) is 2. The highest BCUT2D eigenvalue weighted by Crippen LogP contribution is 2.15. The molecular formula is C22H25N3O5. The first kappa shape index (κ1) is 21.5. The molecule has 0 atom stereocenters. The first-order valence-corrected chi connectivity index (χ1v) is 9.73. The van der Waals surface area contributed by atoms with Gasteiger partial charge in [-0.25, -0.2) is 4.79 Å². The Morgan fingerprint density at radius 3 is 2.33 bits per heavy atom. The highest BCUT2D eigenvalue weighted by atomic mass is 16.5. The number of morpholine rings is 1. The highest BCUT2D eigenvalue weighted by molar-refractivity contribution is 5.96. The molecule has 1 fully saturated rings. The minimum absolute atomic E-state index is 0.205. The van der Waals surface area contributed by atoms with Crippen LogP contribution in [0.3, 0.4) is 0 Å². The first-order valence-electron chi connectivity index (χ1n) is 9.73. The number of carbonyl (C=O) groups is 3. The van der Waals surface area contributed by atoms with Gasteiger partial charge in [-0.2, -0.15) is 0 Å². The van der Waals surface area contributed by atoms with Gasteiger partial charge in [0.25, 0.3) is 5.91 Å². The van der Waals surface area contributed by atoms with Gasteiger partial charge in [0.15, 0.2) is 6.61 Å². The van der Waals surface area contributed by atoms with E-state index in [1.807, 2.05) is 12.1 Å². The second-order valence-electron chi connectivity index (χ2n) is 6.97. The van der Waals surface area contributed by atoms with Crippen LogP contribution in [0.5, 0.6) is 0 Å². The molecule has 1 aliphatic heterocycles. The fraction of sp³-hybridized carbons (Fsp3) is 0.318. The molecule has 0 bridgehead atoms. The predicted octanol–water partition coefficient (Wildman–Crippen LogP) is 2.27. The number of hydrogen-bond acceptors (Lipinski definition) is 6. The number of ether oxygens (including phenoxy) is 2. The van der Waals surface area contributed by atoms with Crippen LogP contribution >= 0.6 is 0 Å². The summed E-state index contributed by atoms with van der Waals surface area (Å²) >= 11 is 0. The fourth-order valence-corrected chi connectivity index (χ4v) is 3.05. The number of nitrogens with zero attached hydrogens (tertiary/aromatic N) is 1. The summed E-state index contributed by atoms with van der Waals surface area (Å²) in [6.45, 7) is 5.07. The van der Waals surface area contributed by atoms with E-state index in [1.54, 1.807) is 36.4 Å². The van der Waals surface area contributed by atoms with Crippen LogP contribution in [-0.2, 0) is 25.6 Å². The molecule has 0 saturated carbocycles. The molecule has 0 unspecified atom stereocenters. The van der Waals surface area contributed by atoms with E-state index < -0.39 is 18.5 Å². The molecule has 158 valence electrons. The zero-order valence-corrected chi connectivity index (χ0v) is 16.8. The Hall–Kier alpha value is -3.23. The third-order valence-electron chi connectivity index (χ3n) is 4.50. The second-order valence-corrected chi connectivity index (χ2v) is 6.97. The number of amides is 2. The summed E-state index contributed by atoms with van der Waals surface area (Å²) < 4.78 is 10.4. The van der Waals surface area contributed by atoms with Gasteiger partial charge in [0.1, 0.15) is 0 Å². The van der Waals surface area contributed by atoms with Crippen molar-refractivity contribution in [3.05, 3.63) is 59.7 Å². The van der Waals surface area contributed by atoms with E-state index in [2.05, 4.69) is 15.5 Å². The predicted molar refractivity (Wildman–Crippen MR) is 112 cm³/mol. The van der Waals surface area contributed by atoms with Gasteiger partial charge in [0, 0.05) is 37.9 Å². The molecular weight excluding hydrogens is 386 g/mol. The maximum atomic E-state index is 12.2. The topological polar surface area (TPSA) is 97.0 Å². The van der Waals surface area contributed by atoms with Crippen molar-refractivity contribution in [1.82, 2.24) is 4.90 Å². The lowest BCUT2D eigenvalue weighted by atomic mass is 10.1. The largest absolute Gasteiger partial charge is 0.452 e. The maximum absolute atomic E-state index is 12.2. The highest BCUT2D eigenvalue weighted by Gasteiger charge is 2.13. The fourth-order valence-electron chi connectivity index (χ4n) is 3.05. The van der Waals surface area contributed by atoms with Gasteiger partial charge in [-0.3, -0.25) is 14.5 Å². The molecule has 1 saturated heterocycles. The molecule has 0 radical (unpaired) electrons. The smallest absolute Gasteiger partial charge is 0.338 e. The average Bonchev–Trinajstić information content (AvgIpc) is 2.73. The zero-order chi connectivity index (χ0) is 21.3. The van der Waals surface area contributed by atoms with Crippen molar-refractivity contribution in [3.8, 4) is 0 Å². The summed E-state index contributed by atoms with van der Waals surface area (Å²) in [6.07, 6.45) is 0. The minimum atomic E-state index is -0.560. The van der Waals surface area contributed by atoms with Gasteiger partial charge in [0.05, 0.1) is 18.8 Å². The number of carbonyl (C=O) groups excluding carboxylic acids is 3. The van der Waals surface area contributed by atoms with Crippen LogP contribution in [-0.4, -0.2) is 55.6 Å². The van der Waals surface area contributed by atoms with Gasteiger partial charge in [-0.05, 0) is 35.9 Å². The van der Waals surface area contributed by atoms with Crippen molar-refractivity contribution < 1.29 is 23.9 Å². The third-order valence-corrected chi connectivity index (χ3v) is 4.50. The van der Waals surface area contributed by atoms with E-state index in [0.717, 1.165) is 38.4 Å². The number of benzene rings is 2. The molecule has 8 nitrogen and oxygen atoms in total. The van der Waals surface area contributed by atoms with E-state index in [0.29, 0.717) is 16.9 Å². The van der Waals surface area contributed by atoms with E-state index in [4.69, 9.17) is 9.47 Å². The molecule has 1 heterocycles. The zero-order valence-electron chi connectivity index (χ0n) is 16.8. The quantitative estimate of drug-likeness (QED) is 0.679. The standard InChI is InChI=1S/C22H25N3O5/c1-16(26)23-19-3-2-4-20(13-19)24-21(27)15-30-22(28)18-7-5-17(6-8-18)14-25-9-11-29-12-10-25/h2-8,13H,9-12,14-15H2,1H3,(H,23,26)(H,24,27). The molecule has 1 aliphatic rings. The van der Waals surface area contributed by atoms with Crippen LogP contribution in [0.4, 0.5) is 11.4 Å².